The van der Waals surface area contributed by atoms with E-state index in [0.717, 1.165) is 18.4 Å². The van der Waals surface area contributed by atoms with E-state index < -0.39 is 0 Å². The van der Waals surface area contributed by atoms with Crippen molar-refractivity contribution in [2.24, 2.45) is 11.8 Å². The molecular weight excluding hydrogens is 222 g/mol. The molecule has 1 aliphatic rings. The van der Waals surface area contributed by atoms with Gasteiger partial charge in [0.25, 0.3) is 0 Å². The maximum Gasteiger partial charge on any atom is 0.0777 e. The van der Waals surface area contributed by atoms with E-state index in [1.807, 2.05) is 7.11 Å². The van der Waals surface area contributed by atoms with Crippen molar-refractivity contribution in [1.82, 2.24) is 5.32 Å². The van der Waals surface area contributed by atoms with Gasteiger partial charge in [-0.15, -0.1) is 0 Å². The summed E-state index contributed by atoms with van der Waals surface area (Å²) in [6, 6.07) is 0.493. The van der Waals surface area contributed by atoms with Gasteiger partial charge in [0.15, 0.2) is 0 Å². The Morgan fingerprint density at radius 1 is 1.22 bits per heavy atom. The Kier molecular flexibility index (Phi) is 6.65. The monoisotopic (exact) mass is 255 g/mol. The lowest BCUT2D eigenvalue weighted by molar-refractivity contribution is -0.0434. The topological polar surface area (TPSA) is 21.3 Å². The summed E-state index contributed by atoms with van der Waals surface area (Å²) in [7, 11) is 1.85. The molecule has 0 aliphatic heterocycles. The SMILES string of the molecule is CCCNC(C1CCCCC1CC)C(C)(C)OC. The number of rotatable bonds is 7. The molecule has 1 N–H and O–H groups in total. The third-order valence-corrected chi connectivity index (χ3v) is 4.81. The van der Waals surface area contributed by atoms with Crippen molar-refractivity contribution >= 4 is 0 Å². The summed E-state index contributed by atoms with van der Waals surface area (Å²) in [5.41, 5.74) is -0.0649. The largest absolute Gasteiger partial charge is 0.377 e. The Morgan fingerprint density at radius 2 is 1.89 bits per heavy atom. The second-order valence-corrected chi connectivity index (χ2v) is 6.36. The van der Waals surface area contributed by atoms with E-state index in [2.05, 4.69) is 33.0 Å². The minimum absolute atomic E-state index is 0.0649. The van der Waals surface area contributed by atoms with Crippen LogP contribution in [0.2, 0.25) is 0 Å². The summed E-state index contributed by atoms with van der Waals surface area (Å²) < 4.78 is 5.78. The minimum Gasteiger partial charge on any atom is -0.377 e. The number of nitrogens with one attached hydrogen (secondary N) is 1. The average Bonchev–Trinajstić information content (AvgIpc) is 2.39. The first-order valence-corrected chi connectivity index (χ1v) is 7.85. The van der Waals surface area contributed by atoms with Gasteiger partial charge in [0.05, 0.1) is 5.60 Å². The average molecular weight is 255 g/mol. The van der Waals surface area contributed by atoms with Gasteiger partial charge in [-0.05, 0) is 45.1 Å². The predicted molar refractivity (Wildman–Crippen MR) is 78.9 cm³/mol. The van der Waals surface area contributed by atoms with Crippen molar-refractivity contribution in [2.45, 2.75) is 77.9 Å². The molecule has 2 nitrogen and oxygen atoms in total. The molecule has 0 amide bonds. The van der Waals surface area contributed by atoms with Crippen LogP contribution in [-0.2, 0) is 4.74 Å². The van der Waals surface area contributed by atoms with Crippen LogP contribution >= 0.6 is 0 Å². The third kappa shape index (κ3) is 3.96. The first-order chi connectivity index (χ1) is 8.56. The van der Waals surface area contributed by atoms with Crippen molar-refractivity contribution in [1.29, 1.82) is 0 Å². The highest BCUT2D eigenvalue weighted by atomic mass is 16.5. The Morgan fingerprint density at radius 3 is 2.44 bits per heavy atom. The van der Waals surface area contributed by atoms with Crippen molar-refractivity contribution in [2.75, 3.05) is 13.7 Å². The predicted octanol–water partition coefficient (Wildman–Crippen LogP) is 4.00. The first kappa shape index (κ1) is 16.0. The molecule has 0 bridgehead atoms. The molecule has 1 aliphatic carbocycles. The van der Waals surface area contributed by atoms with E-state index >= 15 is 0 Å². The van der Waals surface area contributed by atoms with Crippen LogP contribution in [0.4, 0.5) is 0 Å². The molecule has 0 saturated heterocycles. The van der Waals surface area contributed by atoms with Gasteiger partial charge in [0, 0.05) is 13.2 Å². The van der Waals surface area contributed by atoms with E-state index in [0.29, 0.717) is 6.04 Å². The van der Waals surface area contributed by atoms with Crippen LogP contribution < -0.4 is 5.32 Å². The zero-order chi connectivity index (χ0) is 13.6. The lowest BCUT2D eigenvalue weighted by Crippen LogP contribution is -2.55. The Labute approximate surface area is 114 Å². The maximum atomic E-state index is 5.78. The molecule has 0 radical (unpaired) electrons. The highest BCUT2D eigenvalue weighted by Gasteiger charge is 2.39. The van der Waals surface area contributed by atoms with Gasteiger partial charge in [-0.25, -0.2) is 0 Å². The summed E-state index contributed by atoms with van der Waals surface area (Å²) in [5, 5.41) is 3.77. The van der Waals surface area contributed by atoms with Crippen molar-refractivity contribution in [3.05, 3.63) is 0 Å². The number of ether oxygens (including phenoxy) is 1. The molecule has 2 heteroatoms. The zero-order valence-corrected chi connectivity index (χ0v) is 13.1. The zero-order valence-electron chi connectivity index (χ0n) is 13.1. The van der Waals surface area contributed by atoms with Crippen LogP contribution in [-0.4, -0.2) is 25.3 Å². The van der Waals surface area contributed by atoms with Crippen LogP contribution in [0, 0.1) is 11.8 Å². The number of hydrogen-bond acceptors (Lipinski definition) is 2. The fourth-order valence-electron chi connectivity index (χ4n) is 3.52. The second-order valence-electron chi connectivity index (χ2n) is 6.36. The molecule has 0 aromatic carbocycles. The summed E-state index contributed by atoms with van der Waals surface area (Å²) in [4.78, 5) is 0. The molecule has 0 spiro atoms. The van der Waals surface area contributed by atoms with Crippen LogP contribution in [0.1, 0.15) is 66.2 Å². The molecule has 0 aromatic rings. The maximum absolute atomic E-state index is 5.78. The van der Waals surface area contributed by atoms with Gasteiger partial charge in [-0.2, -0.15) is 0 Å². The molecule has 1 fully saturated rings. The van der Waals surface area contributed by atoms with Gasteiger partial charge in [-0.3, -0.25) is 0 Å². The molecule has 18 heavy (non-hydrogen) atoms. The van der Waals surface area contributed by atoms with Crippen molar-refractivity contribution < 1.29 is 4.74 Å². The summed E-state index contributed by atoms with van der Waals surface area (Å²) >= 11 is 0. The first-order valence-electron chi connectivity index (χ1n) is 7.85. The van der Waals surface area contributed by atoms with Gasteiger partial charge in [-0.1, -0.05) is 39.5 Å². The molecule has 108 valence electrons. The van der Waals surface area contributed by atoms with Gasteiger partial charge in [0.1, 0.15) is 0 Å². The molecule has 1 saturated carbocycles. The fourth-order valence-corrected chi connectivity index (χ4v) is 3.52. The quantitative estimate of drug-likeness (QED) is 0.742. The van der Waals surface area contributed by atoms with Crippen LogP contribution in [0.15, 0.2) is 0 Å². The fraction of sp³-hybridized carbons (Fsp3) is 1.00. The number of methoxy groups -OCH3 is 1. The summed E-state index contributed by atoms with van der Waals surface area (Å²) in [5.74, 6) is 1.66. The van der Waals surface area contributed by atoms with E-state index in [1.54, 1.807) is 0 Å². The molecule has 0 heterocycles. The number of hydrogen-bond donors (Lipinski definition) is 1. The molecule has 1 rings (SSSR count). The Hall–Kier alpha value is -0.0800. The highest BCUT2D eigenvalue weighted by Crippen LogP contribution is 2.38. The second kappa shape index (κ2) is 7.49. The Bertz CT molecular complexity index is 227. The van der Waals surface area contributed by atoms with Crippen LogP contribution in [0.3, 0.4) is 0 Å². The van der Waals surface area contributed by atoms with E-state index in [9.17, 15) is 0 Å². The highest BCUT2D eigenvalue weighted by molar-refractivity contribution is 4.94. The van der Waals surface area contributed by atoms with Crippen LogP contribution in [0.5, 0.6) is 0 Å². The van der Waals surface area contributed by atoms with Gasteiger partial charge >= 0.3 is 0 Å². The summed E-state index contributed by atoms with van der Waals surface area (Å²) in [6.07, 6.45) is 8.10. The molecule has 3 unspecified atom stereocenters. The van der Waals surface area contributed by atoms with Crippen molar-refractivity contribution in [3.8, 4) is 0 Å². The van der Waals surface area contributed by atoms with E-state index in [4.69, 9.17) is 4.74 Å². The Balaban J connectivity index is 2.79. The normalized spacial score (nSPS) is 27.2. The lowest BCUT2D eigenvalue weighted by Gasteiger charge is -2.44. The third-order valence-electron chi connectivity index (χ3n) is 4.81. The van der Waals surface area contributed by atoms with Gasteiger partial charge in [0.2, 0.25) is 0 Å². The van der Waals surface area contributed by atoms with Crippen LogP contribution in [0.25, 0.3) is 0 Å². The summed E-state index contributed by atoms with van der Waals surface area (Å²) in [6.45, 7) is 10.2. The molecule has 0 aromatic heterocycles. The van der Waals surface area contributed by atoms with Crippen molar-refractivity contribution in [3.63, 3.8) is 0 Å². The standard InChI is InChI=1S/C16H33NO/c1-6-12-17-15(16(3,4)18-5)14-11-9-8-10-13(14)7-2/h13-15,17H,6-12H2,1-5H3. The smallest absolute Gasteiger partial charge is 0.0777 e. The molecule has 3 atom stereocenters. The minimum atomic E-state index is -0.0649. The molecular formula is C16H33NO. The van der Waals surface area contributed by atoms with E-state index in [-0.39, 0.29) is 5.60 Å². The van der Waals surface area contributed by atoms with E-state index in [1.165, 1.54) is 38.5 Å². The van der Waals surface area contributed by atoms with Gasteiger partial charge < -0.3 is 10.1 Å². The lowest BCUT2D eigenvalue weighted by atomic mass is 9.70.